The fourth-order valence-electron chi connectivity index (χ4n) is 3.80. The summed E-state index contributed by atoms with van der Waals surface area (Å²) in [5.74, 6) is -1.71. The molecular weight excluding hydrogens is 344 g/mol. The maximum Gasteiger partial charge on any atom is 0.227 e. The fourth-order valence-corrected chi connectivity index (χ4v) is 3.80. The molecule has 28 heavy (non-hydrogen) atoms. The average Bonchev–Trinajstić information content (AvgIpc) is 3.07. The molecule has 0 radical (unpaired) electrons. The Kier molecular flexibility index (Phi) is 2.87. The van der Waals surface area contributed by atoms with Gasteiger partial charge in [0.2, 0.25) is 11.4 Å². The van der Waals surface area contributed by atoms with E-state index in [1.165, 1.54) is 6.92 Å². The smallest absolute Gasteiger partial charge is 0.227 e. The molecular formula is C25H23N2O+. The van der Waals surface area contributed by atoms with Gasteiger partial charge in [-0.1, -0.05) is 32.0 Å². The lowest BCUT2D eigenvalue weighted by molar-refractivity contribution is -0.660. The van der Waals surface area contributed by atoms with Crippen molar-refractivity contribution in [1.82, 2.24) is 4.98 Å². The van der Waals surface area contributed by atoms with E-state index in [1.807, 2.05) is 61.1 Å². The molecule has 0 amide bonds. The van der Waals surface area contributed by atoms with Crippen LogP contribution in [0.2, 0.25) is 0 Å². The Balaban J connectivity index is 1.75. The minimum absolute atomic E-state index is 0.454. The maximum absolute atomic E-state index is 8.50. The summed E-state index contributed by atoms with van der Waals surface area (Å²) < 4.78 is 39.9. The van der Waals surface area contributed by atoms with Crippen LogP contribution in [-0.2, 0) is 7.05 Å². The SMILES string of the molecule is [2H]C([2H])([2H])C([2H])(C)c1cc[n+](C)c(-c2cc3c(cc2C)oc2nc4ccccc4cc23)c1. The first-order valence-electron chi connectivity index (χ1n) is 11.3. The summed E-state index contributed by atoms with van der Waals surface area (Å²) in [6, 6.07) is 17.6. The Morgan fingerprint density at radius 3 is 2.82 bits per heavy atom. The molecule has 0 aliphatic carbocycles. The minimum Gasteiger partial charge on any atom is -0.438 e. The zero-order valence-corrected chi connectivity index (χ0v) is 16.1. The van der Waals surface area contributed by atoms with Crippen LogP contribution in [0.1, 0.15) is 36.3 Å². The molecule has 138 valence electrons. The first-order chi connectivity index (χ1) is 15.1. The third-order valence-electron chi connectivity index (χ3n) is 5.37. The molecule has 0 saturated carbocycles. The molecule has 0 saturated heterocycles. The summed E-state index contributed by atoms with van der Waals surface area (Å²) in [5.41, 5.74) is 5.48. The summed E-state index contributed by atoms with van der Waals surface area (Å²) in [5, 5.41) is 2.93. The van der Waals surface area contributed by atoms with Gasteiger partial charge in [0.15, 0.2) is 6.20 Å². The average molecular weight is 371 g/mol. The van der Waals surface area contributed by atoms with Crippen molar-refractivity contribution in [2.45, 2.75) is 26.6 Å². The number of aromatic nitrogens is 2. The minimum atomic E-state index is -2.43. The van der Waals surface area contributed by atoms with Crippen molar-refractivity contribution in [2.75, 3.05) is 0 Å². The number of hydrogen-bond donors (Lipinski definition) is 0. The summed E-state index contributed by atoms with van der Waals surface area (Å²) in [7, 11) is 1.92. The maximum atomic E-state index is 8.50. The van der Waals surface area contributed by atoms with Crippen molar-refractivity contribution in [3.8, 4) is 11.3 Å². The third-order valence-corrected chi connectivity index (χ3v) is 5.37. The van der Waals surface area contributed by atoms with E-state index in [0.717, 1.165) is 44.1 Å². The second-order valence-corrected chi connectivity index (χ2v) is 7.34. The molecule has 0 aliphatic heterocycles. The number of rotatable bonds is 2. The Hall–Kier alpha value is -3.20. The highest BCUT2D eigenvalue weighted by atomic mass is 16.3. The van der Waals surface area contributed by atoms with Crippen molar-refractivity contribution >= 4 is 33.0 Å². The Morgan fingerprint density at radius 1 is 1.11 bits per heavy atom. The first kappa shape index (κ1) is 13.1. The lowest BCUT2D eigenvalue weighted by Gasteiger charge is -2.09. The fraction of sp³-hybridized carbons (Fsp3) is 0.200. The second-order valence-electron chi connectivity index (χ2n) is 7.34. The molecule has 0 N–H and O–H groups in total. The van der Waals surface area contributed by atoms with Crippen LogP contribution >= 0.6 is 0 Å². The van der Waals surface area contributed by atoms with Crippen molar-refractivity contribution in [3.63, 3.8) is 0 Å². The van der Waals surface area contributed by atoms with Crippen molar-refractivity contribution in [2.24, 2.45) is 7.05 Å². The van der Waals surface area contributed by atoms with E-state index < -0.39 is 12.7 Å². The van der Waals surface area contributed by atoms with Gasteiger partial charge in [-0.25, -0.2) is 9.55 Å². The molecule has 0 fully saturated rings. The van der Waals surface area contributed by atoms with Crippen LogP contribution in [0.3, 0.4) is 0 Å². The lowest BCUT2D eigenvalue weighted by atomic mass is 9.97. The largest absolute Gasteiger partial charge is 0.438 e. The van der Waals surface area contributed by atoms with E-state index in [0.29, 0.717) is 11.3 Å². The number of aryl methyl sites for hydroxylation is 2. The van der Waals surface area contributed by atoms with Crippen LogP contribution in [0.15, 0.2) is 65.2 Å². The van der Waals surface area contributed by atoms with Gasteiger partial charge in [0.05, 0.1) is 5.52 Å². The summed E-state index contributed by atoms with van der Waals surface area (Å²) in [6.45, 7) is 1.01. The highest BCUT2D eigenvalue weighted by Crippen LogP contribution is 2.35. The number of benzene rings is 2. The molecule has 5 aromatic rings. The molecule has 0 aliphatic rings. The Labute approximate surface area is 169 Å². The van der Waals surface area contributed by atoms with E-state index in [9.17, 15) is 0 Å². The van der Waals surface area contributed by atoms with Crippen LogP contribution in [0, 0.1) is 6.92 Å². The van der Waals surface area contributed by atoms with Gasteiger partial charge in [-0.2, -0.15) is 0 Å². The molecule has 3 heterocycles. The molecule has 0 bridgehead atoms. The van der Waals surface area contributed by atoms with Gasteiger partial charge in [-0.15, -0.1) is 0 Å². The van der Waals surface area contributed by atoms with Crippen molar-refractivity contribution in [1.29, 1.82) is 0 Å². The number of fused-ring (bicyclic) bond motifs is 4. The number of furan rings is 1. The number of para-hydroxylation sites is 1. The predicted molar refractivity (Wildman–Crippen MR) is 114 cm³/mol. The van der Waals surface area contributed by atoms with E-state index in [2.05, 4.69) is 17.1 Å². The van der Waals surface area contributed by atoms with E-state index in [1.54, 1.807) is 6.07 Å². The van der Waals surface area contributed by atoms with Crippen LogP contribution in [-0.4, -0.2) is 4.98 Å². The quantitative estimate of drug-likeness (QED) is 0.353. The number of nitrogens with zero attached hydrogens (tertiary/aromatic N) is 2. The van der Waals surface area contributed by atoms with Gasteiger partial charge < -0.3 is 4.42 Å². The topological polar surface area (TPSA) is 29.9 Å². The van der Waals surface area contributed by atoms with Crippen LogP contribution in [0.5, 0.6) is 0 Å². The normalized spacial score (nSPS) is 16.5. The summed E-state index contributed by atoms with van der Waals surface area (Å²) >= 11 is 0. The molecule has 5 rings (SSSR count). The van der Waals surface area contributed by atoms with E-state index in [4.69, 9.17) is 9.90 Å². The van der Waals surface area contributed by atoms with Gasteiger partial charge in [0, 0.05) is 39.3 Å². The zero-order valence-electron chi connectivity index (χ0n) is 20.1. The number of pyridine rings is 2. The van der Waals surface area contributed by atoms with Crippen molar-refractivity contribution < 1.29 is 14.5 Å². The third kappa shape index (κ3) is 2.58. The van der Waals surface area contributed by atoms with Gasteiger partial charge in [-0.3, -0.25) is 0 Å². The van der Waals surface area contributed by atoms with E-state index in [-0.39, 0.29) is 0 Å². The monoisotopic (exact) mass is 371 g/mol. The standard InChI is InChI=1S/C25H23N2O/c1-15(2)17-9-10-27(4)23(13-17)19-14-20-21-12-18-7-5-6-8-22(18)26-25(21)28-24(20)11-16(19)3/h5-15H,1-4H3/q+1/i1D3,15D. The predicted octanol–water partition coefficient (Wildman–Crippen LogP) is 6.06. The van der Waals surface area contributed by atoms with Gasteiger partial charge in [-0.05, 0) is 48.2 Å². The molecule has 2 aromatic carbocycles. The van der Waals surface area contributed by atoms with Gasteiger partial charge in [0.25, 0.3) is 0 Å². The Morgan fingerprint density at radius 2 is 1.96 bits per heavy atom. The first-order valence-corrected chi connectivity index (χ1v) is 9.29. The highest BCUT2D eigenvalue weighted by Gasteiger charge is 2.18. The summed E-state index contributed by atoms with van der Waals surface area (Å²) in [6.07, 6.45) is 1.81. The van der Waals surface area contributed by atoms with Crippen molar-refractivity contribution in [3.05, 3.63) is 71.9 Å². The molecule has 3 aromatic heterocycles. The molecule has 3 nitrogen and oxygen atoms in total. The van der Waals surface area contributed by atoms with Crippen LogP contribution in [0.4, 0.5) is 0 Å². The van der Waals surface area contributed by atoms with Gasteiger partial charge >= 0.3 is 0 Å². The molecule has 1 atom stereocenters. The molecule has 3 heteroatoms. The molecule has 1 unspecified atom stereocenters. The Bertz CT molecular complexity index is 1520. The van der Waals surface area contributed by atoms with Crippen LogP contribution < -0.4 is 4.57 Å². The highest BCUT2D eigenvalue weighted by molar-refractivity contribution is 6.08. The molecule has 0 spiro atoms. The van der Waals surface area contributed by atoms with Crippen LogP contribution in [0.25, 0.3) is 44.2 Å². The second kappa shape index (κ2) is 6.16. The van der Waals surface area contributed by atoms with E-state index >= 15 is 0 Å². The lowest BCUT2D eigenvalue weighted by Crippen LogP contribution is -2.30. The number of hydrogen-bond acceptors (Lipinski definition) is 2. The zero-order chi connectivity index (χ0) is 22.8. The van der Waals surface area contributed by atoms with Gasteiger partial charge in [0.1, 0.15) is 12.6 Å². The summed E-state index contributed by atoms with van der Waals surface area (Å²) in [4.78, 5) is 4.68.